The molecule has 0 saturated heterocycles. The van der Waals surface area contributed by atoms with Crippen LogP contribution in [0.1, 0.15) is 12.0 Å². The highest BCUT2D eigenvalue weighted by Crippen LogP contribution is 2.15. The van der Waals surface area contributed by atoms with Crippen LogP contribution in [0.3, 0.4) is 0 Å². The van der Waals surface area contributed by atoms with E-state index in [1.807, 2.05) is 0 Å². The maximum Gasteiger partial charge on any atom is 0.304 e. The average Bonchev–Trinajstić information content (AvgIpc) is 2.20. The molecule has 3 nitrogen and oxygen atoms in total. The van der Waals surface area contributed by atoms with E-state index < -0.39 is 5.97 Å². The molecule has 1 aromatic rings. The number of benzene rings is 1. The summed E-state index contributed by atoms with van der Waals surface area (Å²) in [5.41, 5.74) is 0.631. The highest BCUT2D eigenvalue weighted by atomic mass is 79.9. The summed E-state index contributed by atoms with van der Waals surface area (Å²) in [6.45, 7) is 0.985. The number of halogens is 2. The topological polar surface area (TPSA) is 49.3 Å². The van der Waals surface area contributed by atoms with Crippen LogP contribution in [0.25, 0.3) is 0 Å². The molecule has 0 unspecified atom stereocenters. The van der Waals surface area contributed by atoms with Gasteiger partial charge in [0.15, 0.2) is 0 Å². The van der Waals surface area contributed by atoms with Gasteiger partial charge in [-0.25, -0.2) is 4.39 Å². The minimum absolute atomic E-state index is 0.0861. The highest BCUT2D eigenvalue weighted by Gasteiger charge is 2.02. The second-order valence-corrected chi connectivity index (χ2v) is 4.30. The SMILES string of the molecule is O=C(O)CCNCCc1ccc(Br)cc1F. The van der Waals surface area contributed by atoms with Crippen LogP contribution in [0.4, 0.5) is 4.39 Å². The van der Waals surface area contributed by atoms with E-state index in [0.29, 0.717) is 29.5 Å². The molecular formula is C11H13BrFNO2. The molecule has 0 aliphatic rings. The molecule has 0 fully saturated rings. The van der Waals surface area contributed by atoms with Crippen molar-refractivity contribution in [3.8, 4) is 0 Å². The van der Waals surface area contributed by atoms with Crippen molar-refractivity contribution < 1.29 is 14.3 Å². The van der Waals surface area contributed by atoms with Crippen LogP contribution in [0.15, 0.2) is 22.7 Å². The van der Waals surface area contributed by atoms with Crippen molar-refractivity contribution in [1.29, 1.82) is 0 Å². The molecule has 1 rings (SSSR count). The molecule has 0 atom stereocenters. The summed E-state index contributed by atoms with van der Waals surface area (Å²) < 4.78 is 14.1. The van der Waals surface area contributed by atoms with Crippen LogP contribution in [0, 0.1) is 5.82 Å². The van der Waals surface area contributed by atoms with Gasteiger partial charge in [-0.05, 0) is 30.7 Å². The summed E-state index contributed by atoms with van der Waals surface area (Å²) >= 11 is 3.18. The summed E-state index contributed by atoms with van der Waals surface area (Å²) in [4.78, 5) is 10.2. The molecule has 2 N–H and O–H groups in total. The molecular weight excluding hydrogens is 277 g/mol. The minimum atomic E-state index is -0.831. The maximum absolute atomic E-state index is 13.3. The third-order valence-electron chi connectivity index (χ3n) is 2.10. The quantitative estimate of drug-likeness (QED) is 0.790. The third kappa shape index (κ3) is 4.72. The van der Waals surface area contributed by atoms with Crippen LogP contribution in [0.2, 0.25) is 0 Å². The number of aliphatic carboxylic acids is 1. The highest BCUT2D eigenvalue weighted by molar-refractivity contribution is 9.10. The number of carbonyl (C=O) groups is 1. The van der Waals surface area contributed by atoms with Gasteiger partial charge in [0, 0.05) is 11.0 Å². The van der Waals surface area contributed by atoms with E-state index in [1.54, 1.807) is 12.1 Å². The number of hydrogen-bond donors (Lipinski definition) is 2. The Labute approximate surface area is 102 Å². The zero-order valence-corrected chi connectivity index (χ0v) is 10.3. The van der Waals surface area contributed by atoms with Gasteiger partial charge in [0.05, 0.1) is 6.42 Å². The monoisotopic (exact) mass is 289 g/mol. The standard InChI is InChI=1S/C11H13BrFNO2/c12-9-2-1-8(10(13)7-9)3-5-14-6-4-11(15)16/h1-2,7,14H,3-6H2,(H,15,16). The van der Waals surface area contributed by atoms with E-state index in [1.165, 1.54) is 6.07 Å². The Bertz CT molecular complexity index is 371. The first-order valence-electron chi connectivity index (χ1n) is 4.96. The Morgan fingerprint density at radius 1 is 1.44 bits per heavy atom. The van der Waals surface area contributed by atoms with Gasteiger partial charge in [-0.3, -0.25) is 4.79 Å². The second kappa shape index (κ2) is 6.60. The lowest BCUT2D eigenvalue weighted by molar-refractivity contribution is -0.136. The summed E-state index contributed by atoms with van der Waals surface area (Å²) in [5, 5.41) is 11.3. The van der Waals surface area contributed by atoms with Gasteiger partial charge in [-0.15, -0.1) is 0 Å². The average molecular weight is 290 g/mol. The van der Waals surface area contributed by atoms with Crippen molar-refractivity contribution in [1.82, 2.24) is 5.32 Å². The van der Waals surface area contributed by atoms with Crippen LogP contribution < -0.4 is 5.32 Å². The van der Waals surface area contributed by atoms with Crippen molar-refractivity contribution in [2.24, 2.45) is 0 Å². The summed E-state index contributed by atoms with van der Waals surface area (Å²) in [6.07, 6.45) is 0.640. The molecule has 0 spiro atoms. The maximum atomic E-state index is 13.3. The fourth-order valence-corrected chi connectivity index (χ4v) is 1.60. The Kier molecular flexibility index (Phi) is 5.42. The van der Waals surface area contributed by atoms with Gasteiger partial charge < -0.3 is 10.4 Å². The number of hydrogen-bond acceptors (Lipinski definition) is 2. The van der Waals surface area contributed by atoms with E-state index in [0.717, 1.165) is 0 Å². The van der Waals surface area contributed by atoms with Gasteiger partial charge in [0.1, 0.15) is 5.82 Å². The fourth-order valence-electron chi connectivity index (χ4n) is 1.27. The second-order valence-electron chi connectivity index (χ2n) is 3.38. The van der Waals surface area contributed by atoms with Gasteiger partial charge >= 0.3 is 5.97 Å². The Hall–Kier alpha value is -0.940. The smallest absolute Gasteiger partial charge is 0.304 e. The normalized spacial score (nSPS) is 10.4. The molecule has 0 amide bonds. The van der Waals surface area contributed by atoms with E-state index in [2.05, 4.69) is 21.2 Å². The van der Waals surface area contributed by atoms with Crippen LogP contribution in [-0.2, 0) is 11.2 Å². The first-order chi connectivity index (χ1) is 7.59. The van der Waals surface area contributed by atoms with E-state index >= 15 is 0 Å². The Balaban J connectivity index is 2.29. The van der Waals surface area contributed by atoms with Crippen molar-refractivity contribution >= 4 is 21.9 Å². The molecule has 0 radical (unpaired) electrons. The Morgan fingerprint density at radius 3 is 2.81 bits per heavy atom. The molecule has 0 aliphatic heterocycles. The number of nitrogens with one attached hydrogen (secondary N) is 1. The van der Waals surface area contributed by atoms with E-state index in [9.17, 15) is 9.18 Å². The molecule has 0 saturated carbocycles. The molecule has 0 heterocycles. The lowest BCUT2D eigenvalue weighted by atomic mass is 10.1. The summed E-state index contributed by atoms with van der Waals surface area (Å²) in [6, 6.07) is 4.93. The first-order valence-corrected chi connectivity index (χ1v) is 5.75. The summed E-state index contributed by atoms with van der Waals surface area (Å²) in [7, 11) is 0. The van der Waals surface area contributed by atoms with Gasteiger partial charge in [0.2, 0.25) is 0 Å². The summed E-state index contributed by atoms with van der Waals surface area (Å²) in [5.74, 6) is -1.07. The van der Waals surface area contributed by atoms with Crippen molar-refractivity contribution in [2.75, 3.05) is 13.1 Å². The first kappa shape index (κ1) is 13.1. The van der Waals surface area contributed by atoms with Gasteiger partial charge in [-0.1, -0.05) is 22.0 Å². The third-order valence-corrected chi connectivity index (χ3v) is 2.60. The van der Waals surface area contributed by atoms with Crippen molar-refractivity contribution in [3.05, 3.63) is 34.1 Å². The van der Waals surface area contributed by atoms with Crippen molar-refractivity contribution in [3.63, 3.8) is 0 Å². The van der Waals surface area contributed by atoms with E-state index in [-0.39, 0.29) is 12.2 Å². The zero-order valence-electron chi connectivity index (χ0n) is 8.67. The molecule has 88 valence electrons. The van der Waals surface area contributed by atoms with E-state index in [4.69, 9.17) is 5.11 Å². The van der Waals surface area contributed by atoms with Crippen molar-refractivity contribution in [2.45, 2.75) is 12.8 Å². The molecule has 5 heteroatoms. The molecule has 16 heavy (non-hydrogen) atoms. The number of rotatable bonds is 6. The van der Waals surface area contributed by atoms with Gasteiger partial charge in [-0.2, -0.15) is 0 Å². The number of carboxylic acid groups (broad SMARTS) is 1. The van der Waals surface area contributed by atoms with Gasteiger partial charge in [0.25, 0.3) is 0 Å². The fraction of sp³-hybridized carbons (Fsp3) is 0.364. The molecule has 0 aromatic heterocycles. The number of carboxylic acids is 1. The molecule has 0 aliphatic carbocycles. The zero-order chi connectivity index (χ0) is 12.0. The molecule has 0 bridgehead atoms. The van der Waals surface area contributed by atoms with Crippen LogP contribution in [-0.4, -0.2) is 24.2 Å². The van der Waals surface area contributed by atoms with Crippen LogP contribution in [0.5, 0.6) is 0 Å². The molecule has 1 aromatic carbocycles. The Morgan fingerprint density at radius 2 is 2.19 bits per heavy atom. The lowest BCUT2D eigenvalue weighted by Crippen LogP contribution is -2.21. The predicted octanol–water partition coefficient (Wildman–Crippen LogP) is 2.20. The minimum Gasteiger partial charge on any atom is -0.481 e. The predicted molar refractivity (Wildman–Crippen MR) is 62.9 cm³/mol. The lowest BCUT2D eigenvalue weighted by Gasteiger charge is -2.05. The largest absolute Gasteiger partial charge is 0.481 e. The van der Waals surface area contributed by atoms with Crippen LogP contribution >= 0.6 is 15.9 Å².